The van der Waals surface area contributed by atoms with Crippen LogP contribution in [0.2, 0.25) is 0 Å². The third-order valence-corrected chi connectivity index (χ3v) is 2.37. The van der Waals surface area contributed by atoms with E-state index in [-0.39, 0.29) is 6.10 Å². The van der Waals surface area contributed by atoms with Gasteiger partial charge in [0.1, 0.15) is 6.10 Å². The van der Waals surface area contributed by atoms with Gasteiger partial charge in [0.25, 0.3) is 0 Å². The molecule has 3 nitrogen and oxygen atoms in total. The maximum Gasteiger partial charge on any atom is 0.104 e. The van der Waals surface area contributed by atoms with Gasteiger partial charge in [-0.2, -0.15) is 0 Å². The van der Waals surface area contributed by atoms with Gasteiger partial charge in [-0.1, -0.05) is 13.8 Å². The average Bonchev–Trinajstić information content (AvgIpc) is 2.15. The lowest BCUT2D eigenvalue weighted by Crippen LogP contribution is -2.34. The zero-order chi connectivity index (χ0) is 9.68. The summed E-state index contributed by atoms with van der Waals surface area (Å²) >= 11 is 0. The molecule has 1 aliphatic rings. The second-order valence-electron chi connectivity index (χ2n) is 3.85. The van der Waals surface area contributed by atoms with Crippen molar-refractivity contribution in [2.24, 2.45) is 5.92 Å². The van der Waals surface area contributed by atoms with Gasteiger partial charge in [0, 0.05) is 0 Å². The smallest absolute Gasteiger partial charge is 0.104 e. The Hall–Kier alpha value is -0.120. The molecule has 0 amide bonds. The molecule has 0 N–H and O–H groups in total. The maximum absolute atomic E-state index is 5.64. The molecule has 1 aliphatic heterocycles. The Morgan fingerprint density at radius 1 is 1.31 bits per heavy atom. The highest BCUT2D eigenvalue weighted by Crippen LogP contribution is 2.08. The van der Waals surface area contributed by atoms with Gasteiger partial charge in [0.15, 0.2) is 0 Å². The molecular formula is C10H20O3. The summed E-state index contributed by atoms with van der Waals surface area (Å²) in [5.41, 5.74) is 0. The molecule has 1 rings (SSSR count). The van der Waals surface area contributed by atoms with E-state index in [2.05, 4.69) is 20.8 Å². The highest BCUT2D eigenvalue weighted by Gasteiger charge is 2.16. The Morgan fingerprint density at radius 2 is 2.08 bits per heavy atom. The molecule has 0 radical (unpaired) electrons. The summed E-state index contributed by atoms with van der Waals surface area (Å²) in [5, 5.41) is 0. The standard InChI is InChI=1S/C10H20O3/c1-8(2)9(3)13-7-10-6-11-4-5-12-10/h8-10H,4-7H2,1-3H3. The fourth-order valence-electron chi connectivity index (χ4n) is 1.08. The molecule has 1 heterocycles. The highest BCUT2D eigenvalue weighted by atomic mass is 16.6. The molecule has 1 fully saturated rings. The summed E-state index contributed by atoms with van der Waals surface area (Å²) < 4.78 is 16.4. The first-order valence-electron chi connectivity index (χ1n) is 5.01. The number of hydrogen-bond acceptors (Lipinski definition) is 3. The third kappa shape index (κ3) is 4.07. The molecule has 13 heavy (non-hydrogen) atoms. The molecular weight excluding hydrogens is 168 g/mol. The van der Waals surface area contributed by atoms with Crippen LogP contribution in [0.15, 0.2) is 0 Å². The summed E-state index contributed by atoms with van der Waals surface area (Å²) in [5.74, 6) is 0.560. The first kappa shape index (κ1) is 11.0. The van der Waals surface area contributed by atoms with E-state index in [0.717, 1.165) is 6.61 Å². The molecule has 0 saturated carbocycles. The minimum atomic E-state index is 0.134. The van der Waals surface area contributed by atoms with Crippen molar-refractivity contribution in [3.63, 3.8) is 0 Å². The fourth-order valence-corrected chi connectivity index (χ4v) is 1.08. The van der Waals surface area contributed by atoms with E-state index < -0.39 is 0 Å². The van der Waals surface area contributed by atoms with Gasteiger partial charge in [0.05, 0.1) is 32.5 Å². The first-order valence-corrected chi connectivity index (χ1v) is 5.01. The Bertz CT molecular complexity index is 130. The molecule has 1 saturated heterocycles. The van der Waals surface area contributed by atoms with E-state index in [9.17, 15) is 0 Å². The molecule has 2 unspecified atom stereocenters. The zero-order valence-corrected chi connectivity index (χ0v) is 8.79. The van der Waals surface area contributed by atoms with Crippen molar-refractivity contribution in [2.75, 3.05) is 26.4 Å². The molecule has 0 spiro atoms. The molecule has 0 aromatic carbocycles. The topological polar surface area (TPSA) is 27.7 Å². The molecule has 0 aliphatic carbocycles. The van der Waals surface area contributed by atoms with Crippen LogP contribution in [-0.4, -0.2) is 38.6 Å². The molecule has 3 heteroatoms. The van der Waals surface area contributed by atoms with Crippen molar-refractivity contribution in [1.82, 2.24) is 0 Å². The quantitative estimate of drug-likeness (QED) is 0.668. The van der Waals surface area contributed by atoms with Crippen molar-refractivity contribution in [1.29, 1.82) is 0 Å². The fraction of sp³-hybridized carbons (Fsp3) is 1.00. The van der Waals surface area contributed by atoms with Crippen LogP contribution in [0, 0.1) is 5.92 Å². The minimum absolute atomic E-state index is 0.134. The SMILES string of the molecule is CC(C)C(C)OCC1COCCO1. The number of hydrogen-bond donors (Lipinski definition) is 0. The van der Waals surface area contributed by atoms with Crippen LogP contribution < -0.4 is 0 Å². The summed E-state index contributed by atoms with van der Waals surface area (Å²) in [6, 6.07) is 0. The highest BCUT2D eigenvalue weighted by molar-refractivity contribution is 4.62. The van der Waals surface area contributed by atoms with E-state index in [4.69, 9.17) is 14.2 Å². The largest absolute Gasteiger partial charge is 0.376 e. The van der Waals surface area contributed by atoms with Gasteiger partial charge >= 0.3 is 0 Å². The second-order valence-corrected chi connectivity index (χ2v) is 3.85. The average molecular weight is 188 g/mol. The van der Waals surface area contributed by atoms with Crippen molar-refractivity contribution in [2.45, 2.75) is 33.0 Å². The van der Waals surface area contributed by atoms with Crippen LogP contribution in [0.25, 0.3) is 0 Å². The monoisotopic (exact) mass is 188 g/mol. The van der Waals surface area contributed by atoms with Crippen LogP contribution >= 0.6 is 0 Å². The summed E-state index contributed by atoms with van der Waals surface area (Å²) in [6.07, 6.45) is 0.431. The lowest BCUT2D eigenvalue weighted by atomic mass is 10.1. The lowest BCUT2D eigenvalue weighted by molar-refractivity contribution is -0.127. The Morgan fingerprint density at radius 3 is 2.62 bits per heavy atom. The van der Waals surface area contributed by atoms with Gasteiger partial charge in [-0.05, 0) is 12.8 Å². The Labute approximate surface area is 80.4 Å². The predicted octanol–water partition coefficient (Wildman–Crippen LogP) is 1.46. The van der Waals surface area contributed by atoms with Gasteiger partial charge in [0.2, 0.25) is 0 Å². The number of ether oxygens (including phenoxy) is 3. The maximum atomic E-state index is 5.64. The molecule has 78 valence electrons. The molecule has 0 aromatic heterocycles. The minimum Gasteiger partial charge on any atom is -0.376 e. The first-order chi connectivity index (χ1) is 6.20. The van der Waals surface area contributed by atoms with Crippen LogP contribution in [0.4, 0.5) is 0 Å². The Balaban J connectivity index is 2.10. The molecule has 0 aromatic rings. The van der Waals surface area contributed by atoms with Crippen LogP contribution in [0.1, 0.15) is 20.8 Å². The van der Waals surface area contributed by atoms with Crippen molar-refractivity contribution >= 4 is 0 Å². The summed E-state index contributed by atoms with van der Waals surface area (Å²) in [6.45, 7) is 9.14. The normalized spacial score (nSPS) is 26.3. The van der Waals surface area contributed by atoms with Crippen molar-refractivity contribution in [3.05, 3.63) is 0 Å². The third-order valence-electron chi connectivity index (χ3n) is 2.37. The van der Waals surface area contributed by atoms with Crippen LogP contribution in [0.3, 0.4) is 0 Å². The van der Waals surface area contributed by atoms with E-state index in [0.29, 0.717) is 31.8 Å². The van der Waals surface area contributed by atoms with Gasteiger partial charge in [-0.3, -0.25) is 0 Å². The predicted molar refractivity (Wildman–Crippen MR) is 50.8 cm³/mol. The van der Waals surface area contributed by atoms with Gasteiger partial charge in [-0.15, -0.1) is 0 Å². The van der Waals surface area contributed by atoms with Gasteiger partial charge in [-0.25, -0.2) is 0 Å². The molecule has 2 atom stereocenters. The van der Waals surface area contributed by atoms with Crippen LogP contribution in [-0.2, 0) is 14.2 Å². The van der Waals surface area contributed by atoms with Crippen molar-refractivity contribution in [3.8, 4) is 0 Å². The van der Waals surface area contributed by atoms with Gasteiger partial charge < -0.3 is 14.2 Å². The van der Waals surface area contributed by atoms with E-state index in [1.165, 1.54) is 0 Å². The summed E-state index contributed by atoms with van der Waals surface area (Å²) in [4.78, 5) is 0. The zero-order valence-electron chi connectivity index (χ0n) is 8.79. The van der Waals surface area contributed by atoms with Crippen molar-refractivity contribution < 1.29 is 14.2 Å². The lowest BCUT2D eigenvalue weighted by Gasteiger charge is -2.25. The molecule has 0 bridgehead atoms. The Kier molecular flexibility index (Phi) is 4.70. The number of rotatable bonds is 4. The van der Waals surface area contributed by atoms with Crippen LogP contribution in [0.5, 0.6) is 0 Å². The van der Waals surface area contributed by atoms with E-state index in [1.807, 2.05) is 0 Å². The second kappa shape index (κ2) is 5.58. The van der Waals surface area contributed by atoms with E-state index >= 15 is 0 Å². The van der Waals surface area contributed by atoms with E-state index in [1.54, 1.807) is 0 Å². The summed E-state index contributed by atoms with van der Waals surface area (Å²) in [7, 11) is 0.